The molecule has 0 amide bonds. The van der Waals surface area contributed by atoms with Gasteiger partial charge in [0.15, 0.2) is 0 Å². The Balaban J connectivity index is 1.79. The summed E-state index contributed by atoms with van der Waals surface area (Å²) in [4.78, 5) is 6.36. The van der Waals surface area contributed by atoms with Gasteiger partial charge in [0.25, 0.3) is 0 Å². The summed E-state index contributed by atoms with van der Waals surface area (Å²) >= 11 is 0. The zero-order valence-corrected chi connectivity index (χ0v) is 11.4. The van der Waals surface area contributed by atoms with Gasteiger partial charge < -0.3 is 10.8 Å². The standard InChI is InChI=1S/C16H19N3O/c17-16-9-12(5-7-18-16)10-19-8-6-15(20)14-4-2-1-3-13(14)11-19/h1-5,7,9,15,20H,6,8,10-11H2,(H2,17,18). The second-order valence-corrected chi connectivity index (χ2v) is 5.30. The topological polar surface area (TPSA) is 62.4 Å². The van der Waals surface area contributed by atoms with Crippen LogP contribution in [0.4, 0.5) is 5.82 Å². The first-order valence-corrected chi connectivity index (χ1v) is 6.91. The number of aliphatic hydroxyl groups excluding tert-OH is 1. The molecule has 3 N–H and O–H groups in total. The van der Waals surface area contributed by atoms with Crippen molar-refractivity contribution in [2.75, 3.05) is 12.3 Å². The molecule has 1 aromatic heterocycles. The molecule has 4 nitrogen and oxygen atoms in total. The third-order valence-electron chi connectivity index (χ3n) is 3.78. The summed E-state index contributed by atoms with van der Waals surface area (Å²) in [6.45, 7) is 2.56. The molecule has 0 spiro atoms. The zero-order chi connectivity index (χ0) is 13.9. The van der Waals surface area contributed by atoms with E-state index in [0.29, 0.717) is 5.82 Å². The van der Waals surface area contributed by atoms with Gasteiger partial charge in [0.2, 0.25) is 0 Å². The molecule has 0 saturated heterocycles. The van der Waals surface area contributed by atoms with Gasteiger partial charge in [-0.1, -0.05) is 24.3 Å². The molecule has 3 rings (SSSR count). The molecular formula is C16H19N3O. The number of aliphatic hydroxyl groups is 1. The predicted molar refractivity (Wildman–Crippen MR) is 78.8 cm³/mol. The maximum atomic E-state index is 10.2. The minimum Gasteiger partial charge on any atom is -0.388 e. The minimum atomic E-state index is -0.362. The number of nitrogens with zero attached hydrogens (tertiary/aromatic N) is 2. The van der Waals surface area contributed by atoms with Gasteiger partial charge >= 0.3 is 0 Å². The van der Waals surface area contributed by atoms with Crippen LogP contribution < -0.4 is 5.73 Å². The number of benzene rings is 1. The first kappa shape index (κ1) is 13.1. The number of nitrogen functional groups attached to an aromatic ring is 1. The van der Waals surface area contributed by atoms with E-state index in [-0.39, 0.29) is 6.10 Å². The number of rotatable bonds is 2. The third-order valence-corrected chi connectivity index (χ3v) is 3.78. The number of nitrogens with two attached hydrogens (primary N) is 1. The molecule has 4 heteroatoms. The average Bonchev–Trinajstić information content (AvgIpc) is 2.59. The molecule has 2 heterocycles. The average molecular weight is 269 g/mol. The van der Waals surface area contributed by atoms with Crippen LogP contribution >= 0.6 is 0 Å². The molecule has 1 unspecified atom stereocenters. The van der Waals surface area contributed by atoms with Crippen LogP contribution in [0, 0.1) is 0 Å². The highest BCUT2D eigenvalue weighted by Crippen LogP contribution is 2.27. The number of anilines is 1. The number of pyridine rings is 1. The summed E-state index contributed by atoms with van der Waals surface area (Å²) in [5.41, 5.74) is 9.15. The van der Waals surface area contributed by atoms with Crippen molar-refractivity contribution in [1.29, 1.82) is 0 Å². The normalized spacial score (nSPS) is 19.4. The van der Waals surface area contributed by atoms with Crippen LogP contribution in [0.3, 0.4) is 0 Å². The van der Waals surface area contributed by atoms with E-state index in [1.165, 1.54) is 5.56 Å². The fourth-order valence-corrected chi connectivity index (χ4v) is 2.77. The largest absolute Gasteiger partial charge is 0.388 e. The van der Waals surface area contributed by atoms with Crippen molar-refractivity contribution in [3.8, 4) is 0 Å². The second-order valence-electron chi connectivity index (χ2n) is 5.30. The molecule has 104 valence electrons. The molecule has 1 aliphatic rings. The van der Waals surface area contributed by atoms with Crippen molar-refractivity contribution in [1.82, 2.24) is 9.88 Å². The van der Waals surface area contributed by atoms with Crippen LogP contribution in [0.1, 0.15) is 29.2 Å². The summed E-state index contributed by atoms with van der Waals surface area (Å²) in [5.74, 6) is 0.553. The van der Waals surface area contributed by atoms with E-state index in [1.807, 2.05) is 30.3 Å². The molecule has 1 aliphatic heterocycles. The lowest BCUT2D eigenvalue weighted by Gasteiger charge is -2.20. The summed E-state index contributed by atoms with van der Waals surface area (Å²) in [7, 11) is 0. The van der Waals surface area contributed by atoms with Gasteiger partial charge in [-0.05, 0) is 35.2 Å². The predicted octanol–water partition coefficient (Wildman–Crippen LogP) is 2.10. The summed E-state index contributed by atoms with van der Waals surface area (Å²) in [6.07, 6.45) is 2.14. The maximum absolute atomic E-state index is 10.2. The third kappa shape index (κ3) is 2.81. The van der Waals surface area contributed by atoms with Crippen LogP contribution in [0.2, 0.25) is 0 Å². The van der Waals surface area contributed by atoms with Crippen molar-refractivity contribution in [2.24, 2.45) is 0 Å². The van der Waals surface area contributed by atoms with Crippen LogP contribution in [-0.4, -0.2) is 21.5 Å². The number of hydrogen-bond donors (Lipinski definition) is 2. The van der Waals surface area contributed by atoms with E-state index in [4.69, 9.17) is 5.73 Å². The lowest BCUT2D eigenvalue weighted by Crippen LogP contribution is -2.23. The van der Waals surface area contributed by atoms with Gasteiger partial charge in [-0.2, -0.15) is 0 Å². The highest BCUT2D eigenvalue weighted by molar-refractivity contribution is 5.33. The summed E-state index contributed by atoms with van der Waals surface area (Å²) in [6, 6.07) is 12.0. The minimum absolute atomic E-state index is 0.362. The highest BCUT2D eigenvalue weighted by atomic mass is 16.3. The monoisotopic (exact) mass is 269 g/mol. The first-order valence-electron chi connectivity index (χ1n) is 6.91. The number of aromatic nitrogens is 1. The van der Waals surface area contributed by atoms with Crippen molar-refractivity contribution in [3.05, 3.63) is 59.3 Å². The molecular weight excluding hydrogens is 250 g/mol. The zero-order valence-electron chi connectivity index (χ0n) is 11.4. The fraction of sp³-hybridized carbons (Fsp3) is 0.312. The molecule has 1 atom stereocenters. The second kappa shape index (κ2) is 5.61. The molecule has 20 heavy (non-hydrogen) atoms. The van der Waals surface area contributed by atoms with Gasteiger partial charge in [-0.3, -0.25) is 4.90 Å². The smallest absolute Gasteiger partial charge is 0.123 e. The first-order chi connectivity index (χ1) is 9.72. The lowest BCUT2D eigenvalue weighted by atomic mass is 10.0. The van der Waals surface area contributed by atoms with E-state index < -0.39 is 0 Å². The van der Waals surface area contributed by atoms with Crippen molar-refractivity contribution < 1.29 is 5.11 Å². The van der Waals surface area contributed by atoms with Gasteiger partial charge in [0.05, 0.1) is 6.10 Å². The SMILES string of the molecule is Nc1cc(CN2CCC(O)c3ccccc3C2)ccn1. The fourth-order valence-electron chi connectivity index (χ4n) is 2.77. The Kier molecular flexibility index (Phi) is 3.67. The van der Waals surface area contributed by atoms with Gasteiger partial charge in [0.1, 0.15) is 5.82 Å². The molecule has 0 aliphatic carbocycles. The Morgan fingerprint density at radius 3 is 3.00 bits per heavy atom. The van der Waals surface area contributed by atoms with E-state index in [1.54, 1.807) is 6.20 Å². The van der Waals surface area contributed by atoms with E-state index in [2.05, 4.69) is 16.0 Å². The summed E-state index contributed by atoms with van der Waals surface area (Å²) < 4.78 is 0. The van der Waals surface area contributed by atoms with Crippen molar-refractivity contribution >= 4 is 5.82 Å². The van der Waals surface area contributed by atoms with Crippen LogP contribution in [0.25, 0.3) is 0 Å². The van der Waals surface area contributed by atoms with Gasteiger partial charge in [-0.25, -0.2) is 4.98 Å². The van der Waals surface area contributed by atoms with Gasteiger partial charge in [-0.15, -0.1) is 0 Å². The molecule has 0 fully saturated rings. The Labute approximate surface area is 118 Å². The number of hydrogen-bond acceptors (Lipinski definition) is 4. The van der Waals surface area contributed by atoms with Crippen molar-refractivity contribution in [2.45, 2.75) is 25.6 Å². The maximum Gasteiger partial charge on any atom is 0.123 e. The number of fused-ring (bicyclic) bond motifs is 1. The molecule has 0 radical (unpaired) electrons. The quantitative estimate of drug-likeness (QED) is 0.876. The van der Waals surface area contributed by atoms with Crippen LogP contribution in [0.5, 0.6) is 0 Å². The van der Waals surface area contributed by atoms with Crippen LogP contribution in [-0.2, 0) is 13.1 Å². The molecule has 2 aromatic rings. The van der Waals surface area contributed by atoms with Gasteiger partial charge in [0, 0.05) is 25.8 Å². The lowest BCUT2D eigenvalue weighted by molar-refractivity contribution is 0.149. The highest BCUT2D eigenvalue weighted by Gasteiger charge is 2.20. The Morgan fingerprint density at radius 1 is 1.30 bits per heavy atom. The summed E-state index contributed by atoms with van der Waals surface area (Å²) in [5, 5.41) is 10.2. The van der Waals surface area contributed by atoms with E-state index >= 15 is 0 Å². The van der Waals surface area contributed by atoms with Crippen LogP contribution in [0.15, 0.2) is 42.6 Å². The Hall–Kier alpha value is -1.91. The molecule has 0 saturated carbocycles. The molecule has 0 bridgehead atoms. The van der Waals surface area contributed by atoms with E-state index in [9.17, 15) is 5.11 Å². The van der Waals surface area contributed by atoms with Crippen molar-refractivity contribution in [3.63, 3.8) is 0 Å². The molecule has 1 aromatic carbocycles. The van der Waals surface area contributed by atoms with E-state index in [0.717, 1.165) is 37.2 Å². The Morgan fingerprint density at radius 2 is 2.15 bits per heavy atom. The Bertz CT molecular complexity index is 600.